The van der Waals surface area contributed by atoms with Crippen molar-refractivity contribution < 1.29 is 0 Å². The normalized spacial score (nSPS) is 16.7. The molecule has 1 heterocycles. The molecule has 0 aliphatic heterocycles. The van der Waals surface area contributed by atoms with Crippen molar-refractivity contribution in [2.45, 2.75) is 26.2 Å². The van der Waals surface area contributed by atoms with Crippen LogP contribution in [0, 0.1) is 5.41 Å². The fourth-order valence-corrected chi connectivity index (χ4v) is 2.44. The average Bonchev–Trinajstić information content (AvgIpc) is 3.19. The lowest BCUT2D eigenvalue weighted by atomic mass is 10.0. The molecule has 1 saturated carbocycles. The van der Waals surface area contributed by atoms with Gasteiger partial charge in [-0.15, -0.1) is 0 Å². The highest BCUT2D eigenvalue weighted by molar-refractivity contribution is 5.96. The van der Waals surface area contributed by atoms with E-state index in [1.807, 2.05) is 24.3 Å². The van der Waals surface area contributed by atoms with Gasteiger partial charge in [0, 0.05) is 18.1 Å². The smallest absolute Gasteiger partial charge is 0.0724 e. The van der Waals surface area contributed by atoms with Gasteiger partial charge in [0.05, 0.1) is 16.9 Å². The van der Waals surface area contributed by atoms with Crippen molar-refractivity contribution in [3.05, 3.63) is 30.5 Å². The zero-order valence-electron chi connectivity index (χ0n) is 10.7. The summed E-state index contributed by atoms with van der Waals surface area (Å²) in [5.74, 6) is 0. The minimum absolute atomic E-state index is 0.524. The summed E-state index contributed by atoms with van der Waals surface area (Å²) in [6.07, 6.45) is 5.72. The van der Waals surface area contributed by atoms with E-state index in [0.29, 0.717) is 5.41 Å². The van der Waals surface area contributed by atoms with Crippen LogP contribution in [-0.2, 0) is 0 Å². The van der Waals surface area contributed by atoms with Gasteiger partial charge in [-0.1, -0.05) is 6.92 Å². The van der Waals surface area contributed by atoms with Crippen LogP contribution in [0.15, 0.2) is 30.5 Å². The molecule has 1 aromatic heterocycles. The minimum atomic E-state index is 0.524. The Hall–Kier alpha value is -1.77. The molecule has 2 aromatic rings. The minimum Gasteiger partial charge on any atom is -0.397 e. The Bertz CT molecular complexity index is 573. The molecule has 3 heteroatoms. The van der Waals surface area contributed by atoms with Crippen molar-refractivity contribution in [3.63, 3.8) is 0 Å². The first-order chi connectivity index (χ1) is 8.74. The summed E-state index contributed by atoms with van der Waals surface area (Å²) in [4.78, 5) is 4.31. The van der Waals surface area contributed by atoms with E-state index in [2.05, 4.69) is 17.2 Å². The summed E-state index contributed by atoms with van der Waals surface area (Å²) in [6, 6.07) is 8.02. The number of fused-ring (bicyclic) bond motifs is 1. The number of nitrogens with zero attached hydrogens (tertiary/aromatic N) is 1. The van der Waals surface area contributed by atoms with Crippen LogP contribution in [0.5, 0.6) is 0 Å². The Kier molecular flexibility index (Phi) is 2.62. The molecule has 0 saturated heterocycles. The maximum atomic E-state index is 6.21. The Morgan fingerprint density at radius 1 is 1.33 bits per heavy atom. The molecule has 18 heavy (non-hydrogen) atoms. The van der Waals surface area contributed by atoms with Gasteiger partial charge in [-0.05, 0) is 48.9 Å². The second-order valence-corrected chi connectivity index (χ2v) is 5.30. The molecule has 0 bridgehead atoms. The zero-order chi connectivity index (χ0) is 12.6. The highest BCUT2D eigenvalue weighted by atomic mass is 14.9. The van der Waals surface area contributed by atoms with Crippen molar-refractivity contribution in [1.82, 2.24) is 4.98 Å². The van der Waals surface area contributed by atoms with Crippen LogP contribution in [0.4, 0.5) is 11.4 Å². The second kappa shape index (κ2) is 4.16. The number of aromatic nitrogens is 1. The number of hydrogen-bond acceptors (Lipinski definition) is 3. The number of hydrogen-bond donors (Lipinski definition) is 2. The predicted molar refractivity (Wildman–Crippen MR) is 76.6 cm³/mol. The third-order valence-electron chi connectivity index (χ3n) is 4.19. The summed E-state index contributed by atoms with van der Waals surface area (Å²) in [6.45, 7) is 3.29. The molecular formula is C15H19N3. The van der Waals surface area contributed by atoms with Gasteiger partial charge in [0.1, 0.15) is 0 Å². The van der Waals surface area contributed by atoms with Crippen LogP contribution in [0.1, 0.15) is 26.2 Å². The Balaban J connectivity index is 1.86. The number of nitrogens with two attached hydrogens (primary N) is 1. The standard InChI is InChI=1S/C15H19N3/c1-2-15(7-8-15)10-18-13-6-5-12-11(14(13)16)4-3-9-17-12/h3-6,9,18H,2,7-8,10,16H2,1H3. The third-order valence-corrected chi connectivity index (χ3v) is 4.19. The maximum Gasteiger partial charge on any atom is 0.0724 e. The van der Waals surface area contributed by atoms with Gasteiger partial charge in [0.25, 0.3) is 0 Å². The van der Waals surface area contributed by atoms with Crippen LogP contribution < -0.4 is 11.1 Å². The van der Waals surface area contributed by atoms with Crippen molar-refractivity contribution in [3.8, 4) is 0 Å². The summed E-state index contributed by atoms with van der Waals surface area (Å²) in [7, 11) is 0. The molecule has 94 valence electrons. The van der Waals surface area contributed by atoms with Crippen molar-refractivity contribution in [1.29, 1.82) is 0 Å². The molecule has 1 fully saturated rings. The van der Waals surface area contributed by atoms with Crippen LogP contribution in [0.2, 0.25) is 0 Å². The van der Waals surface area contributed by atoms with E-state index in [4.69, 9.17) is 5.73 Å². The van der Waals surface area contributed by atoms with E-state index in [1.165, 1.54) is 19.3 Å². The van der Waals surface area contributed by atoms with E-state index in [1.54, 1.807) is 6.20 Å². The molecule has 1 aliphatic rings. The fourth-order valence-electron chi connectivity index (χ4n) is 2.44. The first-order valence-corrected chi connectivity index (χ1v) is 6.61. The number of rotatable bonds is 4. The van der Waals surface area contributed by atoms with Gasteiger partial charge in [-0.3, -0.25) is 4.98 Å². The number of benzene rings is 1. The summed E-state index contributed by atoms with van der Waals surface area (Å²) in [5.41, 5.74) is 9.54. The van der Waals surface area contributed by atoms with E-state index in [9.17, 15) is 0 Å². The van der Waals surface area contributed by atoms with Gasteiger partial charge in [0.15, 0.2) is 0 Å². The third kappa shape index (κ3) is 1.90. The molecule has 1 aromatic carbocycles. The lowest BCUT2D eigenvalue weighted by molar-refractivity contribution is 0.521. The molecule has 0 radical (unpaired) electrons. The van der Waals surface area contributed by atoms with Gasteiger partial charge in [-0.25, -0.2) is 0 Å². The van der Waals surface area contributed by atoms with Gasteiger partial charge in [0.2, 0.25) is 0 Å². The van der Waals surface area contributed by atoms with E-state index in [0.717, 1.165) is 28.8 Å². The average molecular weight is 241 g/mol. The van der Waals surface area contributed by atoms with Gasteiger partial charge in [-0.2, -0.15) is 0 Å². The number of anilines is 2. The fraction of sp³-hybridized carbons (Fsp3) is 0.400. The maximum absolute atomic E-state index is 6.21. The van der Waals surface area contributed by atoms with Crippen LogP contribution >= 0.6 is 0 Å². The number of nitrogen functional groups attached to an aromatic ring is 1. The first-order valence-electron chi connectivity index (χ1n) is 6.61. The second-order valence-electron chi connectivity index (χ2n) is 5.30. The lowest BCUT2D eigenvalue weighted by Gasteiger charge is -2.16. The molecular weight excluding hydrogens is 222 g/mol. The Labute approximate surface area is 107 Å². The monoisotopic (exact) mass is 241 g/mol. The summed E-state index contributed by atoms with van der Waals surface area (Å²) >= 11 is 0. The topological polar surface area (TPSA) is 50.9 Å². The molecule has 3 nitrogen and oxygen atoms in total. The van der Waals surface area contributed by atoms with Crippen molar-refractivity contribution in [2.24, 2.45) is 5.41 Å². The van der Waals surface area contributed by atoms with E-state index >= 15 is 0 Å². The van der Waals surface area contributed by atoms with Gasteiger partial charge >= 0.3 is 0 Å². The van der Waals surface area contributed by atoms with Crippen LogP contribution in [0.3, 0.4) is 0 Å². The molecule has 0 unspecified atom stereocenters. The van der Waals surface area contributed by atoms with Crippen LogP contribution in [-0.4, -0.2) is 11.5 Å². The molecule has 3 rings (SSSR count). The summed E-state index contributed by atoms with van der Waals surface area (Å²) < 4.78 is 0. The highest BCUT2D eigenvalue weighted by Gasteiger charge is 2.40. The van der Waals surface area contributed by atoms with E-state index < -0.39 is 0 Å². The number of pyridine rings is 1. The SMILES string of the molecule is CCC1(CNc2ccc3ncccc3c2N)CC1. The van der Waals surface area contributed by atoms with E-state index in [-0.39, 0.29) is 0 Å². The molecule has 3 N–H and O–H groups in total. The van der Waals surface area contributed by atoms with Crippen LogP contribution in [0.25, 0.3) is 10.9 Å². The highest BCUT2D eigenvalue weighted by Crippen LogP contribution is 2.48. The quantitative estimate of drug-likeness (QED) is 0.806. The first kappa shape index (κ1) is 11.3. The molecule has 1 aliphatic carbocycles. The largest absolute Gasteiger partial charge is 0.397 e. The number of nitrogens with one attached hydrogen (secondary N) is 1. The lowest BCUT2D eigenvalue weighted by Crippen LogP contribution is -2.15. The van der Waals surface area contributed by atoms with Crippen molar-refractivity contribution in [2.75, 3.05) is 17.6 Å². The van der Waals surface area contributed by atoms with Crippen molar-refractivity contribution >= 4 is 22.3 Å². The summed E-state index contributed by atoms with van der Waals surface area (Å²) in [5, 5.41) is 4.54. The molecule has 0 atom stereocenters. The Morgan fingerprint density at radius 3 is 2.89 bits per heavy atom. The Morgan fingerprint density at radius 2 is 2.17 bits per heavy atom. The van der Waals surface area contributed by atoms with Gasteiger partial charge < -0.3 is 11.1 Å². The molecule has 0 amide bonds. The zero-order valence-corrected chi connectivity index (χ0v) is 10.7. The molecule has 0 spiro atoms. The predicted octanol–water partition coefficient (Wildman–Crippen LogP) is 3.42.